The van der Waals surface area contributed by atoms with Crippen LogP contribution in [0.4, 0.5) is 10.1 Å². The minimum Gasteiger partial charge on any atom is -0.377 e. The van der Waals surface area contributed by atoms with Crippen LogP contribution in [0.2, 0.25) is 0 Å². The predicted molar refractivity (Wildman–Crippen MR) is 61.6 cm³/mol. The van der Waals surface area contributed by atoms with E-state index in [0.29, 0.717) is 11.6 Å². The van der Waals surface area contributed by atoms with Crippen LogP contribution in [0.25, 0.3) is 0 Å². The normalized spacial score (nSPS) is 29.5. The van der Waals surface area contributed by atoms with Crippen molar-refractivity contribution in [2.45, 2.75) is 39.2 Å². The Morgan fingerprint density at radius 3 is 2.93 bits per heavy atom. The highest BCUT2D eigenvalue weighted by Crippen LogP contribution is 2.37. The van der Waals surface area contributed by atoms with E-state index in [0.717, 1.165) is 18.4 Å². The topological polar surface area (TPSA) is 12.0 Å². The fourth-order valence-electron chi connectivity index (χ4n) is 2.28. The van der Waals surface area contributed by atoms with Crippen LogP contribution in [-0.2, 0) is 6.42 Å². The Balaban J connectivity index is 2.43. The van der Waals surface area contributed by atoms with Crippen molar-refractivity contribution < 1.29 is 4.39 Å². The zero-order valence-electron chi connectivity index (χ0n) is 9.60. The molecule has 0 fully saturated rings. The number of rotatable bonds is 1. The molecular formula is C13H18FN. The number of para-hydroxylation sites is 1. The molecule has 0 bridgehead atoms. The van der Waals surface area contributed by atoms with Crippen LogP contribution in [0.3, 0.4) is 0 Å². The van der Waals surface area contributed by atoms with Crippen LogP contribution in [0, 0.1) is 11.7 Å². The first-order valence-corrected chi connectivity index (χ1v) is 5.62. The maximum Gasteiger partial charge on any atom is 0.146 e. The molecule has 0 saturated heterocycles. The fraction of sp³-hybridized carbons (Fsp3) is 0.538. The standard InChI is InChI=1S/C13H18FN/c1-4-13(3)9(2)8-10-6-5-7-11(14)12(10)15-13/h5-7,9,15H,4,8H2,1-3H3. The zero-order valence-corrected chi connectivity index (χ0v) is 9.60. The molecule has 1 N–H and O–H groups in total. The lowest BCUT2D eigenvalue weighted by Gasteiger charge is -2.42. The highest BCUT2D eigenvalue weighted by Gasteiger charge is 2.34. The minimum atomic E-state index is -0.126. The molecule has 2 atom stereocenters. The van der Waals surface area contributed by atoms with Crippen molar-refractivity contribution in [2.75, 3.05) is 5.32 Å². The van der Waals surface area contributed by atoms with Crippen molar-refractivity contribution in [1.82, 2.24) is 0 Å². The van der Waals surface area contributed by atoms with Gasteiger partial charge in [-0.2, -0.15) is 0 Å². The fourth-order valence-corrected chi connectivity index (χ4v) is 2.28. The molecule has 15 heavy (non-hydrogen) atoms. The predicted octanol–water partition coefficient (Wildman–Crippen LogP) is 3.60. The van der Waals surface area contributed by atoms with Crippen molar-refractivity contribution >= 4 is 5.69 Å². The molecule has 0 amide bonds. The summed E-state index contributed by atoms with van der Waals surface area (Å²) in [6, 6.07) is 5.33. The van der Waals surface area contributed by atoms with Gasteiger partial charge in [-0.15, -0.1) is 0 Å². The van der Waals surface area contributed by atoms with E-state index >= 15 is 0 Å². The van der Waals surface area contributed by atoms with Crippen LogP contribution in [0.15, 0.2) is 18.2 Å². The van der Waals surface area contributed by atoms with E-state index in [1.807, 2.05) is 6.07 Å². The van der Waals surface area contributed by atoms with Gasteiger partial charge in [0.25, 0.3) is 0 Å². The molecule has 0 saturated carbocycles. The molecule has 2 unspecified atom stereocenters. The third-order valence-electron chi connectivity index (χ3n) is 3.86. The Morgan fingerprint density at radius 2 is 2.27 bits per heavy atom. The quantitative estimate of drug-likeness (QED) is 0.742. The van der Waals surface area contributed by atoms with E-state index in [2.05, 4.69) is 26.1 Å². The summed E-state index contributed by atoms with van der Waals surface area (Å²) >= 11 is 0. The van der Waals surface area contributed by atoms with Crippen molar-refractivity contribution in [2.24, 2.45) is 5.92 Å². The number of benzene rings is 1. The molecule has 1 aliphatic rings. The van der Waals surface area contributed by atoms with Crippen LogP contribution in [-0.4, -0.2) is 5.54 Å². The molecule has 0 radical (unpaired) electrons. The summed E-state index contributed by atoms with van der Waals surface area (Å²) in [4.78, 5) is 0. The second-order valence-electron chi connectivity index (χ2n) is 4.78. The Kier molecular flexibility index (Phi) is 2.45. The second kappa shape index (κ2) is 3.51. The van der Waals surface area contributed by atoms with E-state index in [1.54, 1.807) is 6.07 Å². The SMILES string of the molecule is CCC1(C)Nc2c(F)cccc2CC1C. The molecule has 1 heterocycles. The van der Waals surface area contributed by atoms with Crippen LogP contribution in [0.5, 0.6) is 0 Å². The Morgan fingerprint density at radius 1 is 1.53 bits per heavy atom. The Hall–Kier alpha value is -1.05. The van der Waals surface area contributed by atoms with Crippen molar-refractivity contribution in [1.29, 1.82) is 0 Å². The summed E-state index contributed by atoms with van der Waals surface area (Å²) in [6.07, 6.45) is 1.98. The largest absolute Gasteiger partial charge is 0.377 e. The van der Waals surface area contributed by atoms with Gasteiger partial charge in [-0.25, -0.2) is 4.39 Å². The third kappa shape index (κ3) is 1.62. The molecule has 82 valence electrons. The van der Waals surface area contributed by atoms with E-state index in [9.17, 15) is 4.39 Å². The van der Waals surface area contributed by atoms with Crippen molar-refractivity contribution in [3.05, 3.63) is 29.6 Å². The zero-order chi connectivity index (χ0) is 11.1. The van der Waals surface area contributed by atoms with E-state index in [4.69, 9.17) is 0 Å². The molecule has 1 aromatic carbocycles. The van der Waals surface area contributed by atoms with Gasteiger partial charge in [0, 0.05) is 5.54 Å². The first kappa shape index (κ1) is 10.5. The van der Waals surface area contributed by atoms with Gasteiger partial charge >= 0.3 is 0 Å². The van der Waals surface area contributed by atoms with Gasteiger partial charge in [0.15, 0.2) is 0 Å². The summed E-state index contributed by atoms with van der Waals surface area (Å²) in [5.41, 5.74) is 1.84. The van der Waals surface area contributed by atoms with Gasteiger partial charge in [-0.1, -0.05) is 26.0 Å². The Bertz CT molecular complexity index is 375. The monoisotopic (exact) mass is 207 g/mol. The lowest BCUT2D eigenvalue weighted by Crippen LogP contribution is -2.45. The molecular weight excluding hydrogens is 189 g/mol. The number of nitrogens with one attached hydrogen (secondary N) is 1. The average Bonchev–Trinajstić information content (AvgIpc) is 2.22. The lowest BCUT2D eigenvalue weighted by atomic mass is 9.77. The van der Waals surface area contributed by atoms with Gasteiger partial charge in [0.05, 0.1) is 5.69 Å². The molecule has 1 aliphatic heterocycles. The first-order valence-electron chi connectivity index (χ1n) is 5.62. The molecule has 0 aliphatic carbocycles. The van der Waals surface area contributed by atoms with E-state index in [1.165, 1.54) is 6.07 Å². The molecule has 2 rings (SSSR count). The van der Waals surface area contributed by atoms with Gasteiger partial charge in [0.1, 0.15) is 5.82 Å². The number of hydrogen-bond donors (Lipinski definition) is 1. The molecule has 0 aromatic heterocycles. The lowest BCUT2D eigenvalue weighted by molar-refractivity contribution is 0.321. The van der Waals surface area contributed by atoms with Gasteiger partial charge < -0.3 is 5.32 Å². The molecule has 0 spiro atoms. The van der Waals surface area contributed by atoms with Crippen LogP contribution < -0.4 is 5.32 Å². The van der Waals surface area contributed by atoms with Crippen molar-refractivity contribution in [3.8, 4) is 0 Å². The number of hydrogen-bond acceptors (Lipinski definition) is 1. The van der Waals surface area contributed by atoms with Gasteiger partial charge in [-0.3, -0.25) is 0 Å². The summed E-state index contributed by atoms with van der Waals surface area (Å²) in [5, 5.41) is 3.37. The highest BCUT2D eigenvalue weighted by molar-refractivity contribution is 5.56. The first-order chi connectivity index (χ1) is 7.07. The van der Waals surface area contributed by atoms with Crippen LogP contribution in [0.1, 0.15) is 32.8 Å². The second-order valence-corrected chi connectivity index (χ2v) is 4.78. The molecule has 1 nitrogen and oxygen atoms in total. The number of fused-ring (bicyclic) bond motifs is 1. The molecule has 1 aromatic rings. The summed E-state index contributed by atoms with van der Waals surface area (Å²) in [5.74, 6) is 0.413. The minimum absolute atomic E-state index is 0.0230. The van der Waals surface area contributed by atoms with Crippen molar-refractivity contribution in [3.63, 3.8) is 0 Å². The summed E-state index contributed by atoms with van der Waals surface area (Å²) in [7, 11) is 0. The van der Waals surface area contributed by atoms with E-state index in [-0.39, 0.29) is 11.4 Å². The smallest absolute Gasteiger partial charge is 0.146 e. The maximum atomic E-state index is 13.6. The average molecular weight is 207 g/mol. The Labute approximate surface area is 90.7 Å². The van der Waals surface area contributed by atoms with Crippen LogP contribution >= 0.6 is 0 Å². The summed E-state index contributed by atoms with van der Waals surface area (Å²) in [6.45, 7) is 6.55. The van der Waals surface area contributed by atoms with Gasteiger partial charge in [0.2, 0.25) is 0 Å². The van der Waals surface area contributed by atoms with E-state index < -0.39 is 0 Å². The van der Waals surface area contributed by atoms with Gasteiger partial charge in [-0.05, 0) is 37.3 Å². The molecule has 2 heteroatoms. The third-order valence-corrected chi connectivity index (χ3v) is 3.86. The maximum absolute atomic E-state index is 13.6. The summed E-state index contributed by atoms with van der Waals surface area (Å²) < 4.78 is 13.6. The highest BCUT2D eigenvalue weighted by atomic mass is 19.1. The number of anilines is 1. The number of halogens is 1.